The van der Waals surface area contributed by atoms with E-state index in [9.17, 15) is 14.4 Å². The van der Waals surface area contributed by atoms with Crippen molar-refractivity contribution in [3.05, 3.63) is 42.1 Å². The van der Waals surface area contributed by atoms with Crippen molar-refractivity contribution < 1.29 is 14.4 Å². The van der Waals surface area contributed by atoms with Gasteiger partial charge in [0.25, 0.3) is 5.91 Å². The van der Waals surface area contributed by atoms with Crippen molar-refractivity contribution >= 4 is 40.7 Å². The first-order valence-electron chi connectivity index (χ1n) is 11.5. The zero-order valence-electron chi connectivity index (χ0n) is 20.0. The van der Waals surface area contributed by atoms with E-state index in [1.165, 1.54) is 0 Å². The molecule has 3 heterocycles. The van der Waals surface area contributed by atoms with Crippen molar-refractivity contribution in [2.75, 3.05) is 48.3 Å². The Balaban J connectivity index is 1.46. The maximum Gasteiger partial charge on any atom is 0.317 e. The molecule has 4 rings (SSSR count). The third-order valence-corrected chi connectivity index (χ3v) is 6.17. The number of pyridine rings is 1. The Morgan fingerprint density at radius 2 is 2.03 bits per heavy atom. The molecule has 2 aliphatic heterocycles. The summed E-state index contributed by atoms with van der Waals surface area (Å²) in [6.07, 6.45) is 1.70. The van der Waals surface area contributed by atoms with Gasteiger partial charge < -0.3 is 30.7 Å². The van der Waals surface area contributed by atoms with Crippen LogP contribution in [0.15, 0.2) is 36.5 Å². The molecule has 34 heavy (non-hydrogen) atoms. The molecule has 0 aliphatic carbocycles. The van der Waals surface area contributed by atoms with E-state index in [1.54, 1.807) is 41.2 Å². The standard InChI is InChI=1S/C24H31N7O3/c1-15(2)31-16(3)23(33)29(4)20-14-27-21(13-19(20)31)28-18-7-5-6-17(12-18)22(32)25-8-10-30-11-9-26-24(30)34/h5-7,12-16H,8-11H2,1-4H3,(H,25,32)(H,26,34)(H,27,28). The molecule has 1 saturated heterocycles. The van der Waals surface area contributed by atoms with Crippen LogP contribution in [0.4, 0.5) is 27.7 Å². The fourth-order valence-corrected chi connectivity index (χ4v) is 4.44. The van der Waals surface area contributed by atoms with Crippen molar-refractivity contribution in [1.29, 1.82) is 0 Å². The van der Waals surface area contributed by atoms with Crippen LogP contribution in [-0.2, 0) is 4.79 Å². The van der Waals surface area contributed by atoms with Gasteiger partial charge in [0.05, 0.1) is 17.6 Å². The Kier molecular flexibility index (Phi) is 6.58. The van der Waals surface area contributed by atoms with E-state index in [-0.39, 0.29) is 29.9 Å². The first-order valence-corrected chi connectivity index (χ1v) is 11.5. The van der Waals surface area contributed by atoms with Gasteiger partial charge in [-0.15, -0.1) is 0 Å². The molecule has 2 aliphatic rings. The smallest absolute Gasteiger partial charge is 0.317 e. The number of aromatic nitrogens is 1. The normalized spacial score (nSPS) is 17.7. The highest BCUT2D eigenvalue weighted by Crippen LogP contribution is 2.38. The molecule has 4 amide bonds. The lowest BCUT2D eigenvalue weighted by molar-refractivity contribution is -0.119. The van der Waals surface area contributed by atoms with E-state index in [4.69, 9.17) is 0 Å². The third kappa shape index (κ3) is 4.61. The van der Waals surface area contributed by atoms with Crippen molar-refractivity contribution in [3.63, 3.8) is 0 Å². The topological polar surface area (TPSA) is 110 Å². The van der Waals surface area contributed by atoms with Crippen LogP contribution < -0.4 is 25.8 Å². The molecule has 3 N–H and O–H groups in total. The van der Waals surface area contributed by atoms with Gasteiger partial charge in [0.1, 0.15) is 11.9 Å². The zero-order valence-corrected chi connectivity index (χ0v) is 20.0. The summed E-state index contributed by atoms with van der Waals surface area (Å²) in [6.45, 7) is 8.17. The predicted molar refractivity (Wildman–Crippen MR) is 132 cm³/mol. The minimum atomic E-state index is -0.272. The van der Waals surface area contributed by atoms with Crippen LogP contribution in [-0.4, -0.2) is 73.0 Å². The van der Waals surface area contributed by atoms with Gasteiger partial charge in [-0.05, 0) is 39.0 Å². The lowest BCUT2D eigenvalue weighted by Gasteiger charge is -2.42. The molecule has 10 heteroatoms. The second kappa shape index (κ2) is 9.58. The fourth-order valence-electron chi connectivity index (χ4n) is 4.44. The van der Waals surface area contributed by atoms with E-state index in [1.807, 2.05) is 19.1 Å². The molecule has 1 aromatic heterocycles. The van der Waals surface area contributed by atoms with Gasteiger partial charge in [-0.2, -0.15) is 0 Å². The maximum absolute atomic E-state index is 12.6. The lowest BCUT2D eigenvalue weighted by atomic mass is 10.1. The second-order valence-electron chi connectivity index (χ2n) is 8.81. The Labute approximate surface area is 199 Å². The van der Waals surface area contributed by atoms with Gasteiger partial charge in [0.15, 0.2) is 0 Å². The highest BCUT2D eigenvalue weighted by Gasteiger charge is 2.35. The molecule has 1 unspecified atom stereocenters. The van der Waals surface area contributed by atoms with Gasteiger partial charge in [0, 0.05) is 56.6 Å². The number of anilines is 4. The van der Waals surface area contributed by atoms with Crippen LogP contribution in [0, 0.1) is 0 Å². The Morgan fingerprint density at radius 1 is 1.24 bits per heavy atom. The van der Waals surface area contributed by atoms with Crippen LogP contribution in [0.2, 0.25) is 0 Å². The average molecular weight is 466 g/mol. The number of amides is 4. The summed E-state index contributed by atoms with van der Waals surface area (Å²) in [4.78, 5) is 46.7. The molecule has 0 radical (unpaired) electrons. The largest absolute Gasteiger partial charge is 0.355 e. The molecule has 0 bridgehead atoms. The number of carbonyl (C=O) groups excluding carboxylic acids is 3. The number of hydrogen-bond acceptors (Lipinski definition) is 6. The number of nitrogens with one attached hydrogen (secondary N) is 3. The summed E-state index contributed by atoms with van der Waals surface area (Å²) in [5.74, 6) is 0.450. The maximum atomic E-state index is 12.6. The summed E-state index contributed by atoms with van der Waals surface area (Å²) in [5, 5.41) is 8.88. The third-order valence-electron chi connectivity index (χ3n) is 6.17. The Bertz CT molecular complexity index is 1100. The molecule has 0 saturated carbocycles. The molecular formula is C24H31N7O3. The number of likely N-dealkylation sites (N-methyl/N-ethyl adjacent to an activating group) is 1. The number of nitrogens with zero attached hydrogens (tertiary/aromatic N) is 4. The van der Waals surface area contributed by atoms with E-state index in [2.05, 4.69) is 39.7 Å². The van der Waals surface area contributed by atoms with Crippen LogP contribution in [0.5, 0.6) is 0 Å². The highest BCUT2D eigenvalue weighted by molar-refractivity contribution is 6.05. The first kappa shape index (κ1) is 23.3. The Morgan fingerprint density at radius 3 is 2.74 bits per heavy atom. The van der Waals surface area contributed by atoms with Crippen molar-refractivity contribution in [1.82, 2.24) is 20.5 Å². The molecule has 1 fully saturated rings. The fraction of sp³-hybridized carbons (Fsp3) is 0.417. The van der Waals surface area contributed by atoms with Gasteiger partial charge in [0.2, 0.25) is 5.91 Å². The van der Waals surface area contributed by atoms with Gasteiger partial charge in [-0.1, -0.05) is 6.07 Å². The molecule has 2 aromatic rings. The SMILES string of the molecule is CC(C)N1c2cc(Nc3cccc(C(=O)NCCN4CCNC4=O)c3)ncc2N(C)C(=O)C1C. The summed E-state index contributed by atoms with van der Waals surface area (Å²) in [7, 11) is 1.77. The first-order chi connectivity index (χ1) is 16.3. The quantitative estimate of drug-likeness (QED) is 0.578. The summed E-state index contributed by atoms with van der Waals surface area (Å²) < 4.78 is 0. The van der Waals surface area contributed by atoms with Gasteiger partial charge >= 0.3 is 6.03 Å². The van der Waals surface area contributed by atoms with Crippen LogP contribution in [0.25, 0.3) is 0 Å². The Hall–Kier alpha value is -3.82. The molecular weight excluding hydrogens is 434 g/mol. The van der Waals surface area contributed by atoms with Crippen LogP contribution in [0.3, 0.4) is 0 Å². The van der Waals surface area contributed by atoms with Crippen LogP contribution >= 0.6 is 0 Å². The predicted octanol–water partition coefficient (Wildman–Crippen LogP) is 2.16. The molecule has 1 atom stereocenters. The number of rotatable bonds is 7. The molecule has 180 valence electrons. The summed E-state index contributed by atoms with van der Waals surface area (Å²) in [6, 6.07) is 8.88. The number of hydrogen-bond donors (Lipinski definition) is 3. The number of fused-ring (bicyclic) bond motifs is 1. The highest BCUT2D eigenvalue weighted by atomic mass is 16.2. The van der Waals surface area contributed by atoms with E-state index in [0.29, 0.717) is 37.6 Å². The lowest BCUT2D eigenvalue weighted by Crippen LogP contribution is -2.53. The number of urea groups is 1. The average Bonchev–Trinajstić information content (AvgIpc) is 3.22. The zero-order chi connectivity index (χ0) is 24.4. The monoisotopic (exact) mass is 465 g/mol. The van der Waals surface area contributed by atoms with Gasteiger partial charge in [-0.3, -0.25) is 9.59 Å². The molecule has 0 spiro atoms. The van der Waals surface area contributed by atoms with Crippen LogP contribution in [0.1, 0.15) is 31.1 Å². The molecule has 10 nitrogen and oxygen atoms in total. The number of benzene rings is 1. The van der Waals surface area contributed by atoms with Crippen molar-refractivity contribution in [2.24, 2.45) is 0 Å². The van der Waals surface area contributed by atoms with Gasteiger partial charge in [-0.25, -0.2) is 9.78 Å². The number of carbonyl (C=O) groups is 3. The summed E-state index contributed by atoms with van der Waals surface area (Å²) >= 11 is 0. The van der Waals surface area contributed by atoms with E-state index < -0.39 is 0 Å². The van der Waals surface area contributed by atoms with E-state index in [0.717, 1.165) is 17.1 Å². The van der Waals surface area contributed by atoms with E-state index >= 15 is 0 Å². The minimum Gasteiger partial charge on any atom is -0.355 e. The molecule has 1 aromatic carbocycles. The van der Waals surface area contributed by atoms with Crippen molar-refractivity contribution in [2.45, 2.75) is 32.9 Å². The second-order valence-corrected chi connectivity index (χ2v) is 8.81. The summed E-state index contributed by atoms with van der Waals surface area (Å²) in [5.41, 5.74) is 2.93. The minimum absolute atomic E-state index is 0.0350. The van der Waals surface area contributed by atoms with Crippen molar-refractivity contribution in [3.8, 4) is 0 Å².